The molecule has 2 aliphatic rings. The van der Waals surface area contributed by atoms with Crippen molar-refractivity contribution in [3.63, 3.8) is 0 Å². The number of fused-ring (bicyclic) bond motifs is 3. The summed E-state index contributed by atoms with van der Waals surface area (Å²) >= 11 is 0. The van der Waals surface area contributed by atoms with Crippen molar-refractivity contribution in [2.75, 3.05) is 6.54 Å². The van der Waals surface area contributed by atoms with Crippen LogP contribution in [0.15, 0.2) is 140 Å². The van der Waals surface area contributed by atoms with Crippen LogP contribution in [0.25, 0.3) is 11.1 Å². The molecule has 0 aromatic heterocycles. The summed E-state index contributed by atoms with van der Waals surface area (Å²) in [7, 11) is 0. The first-order chi connectivity index (χ1) is 25.6. The summed E-state index contributed by atoms with van der Waals surface area (Å²) in [5.74, 6) is -2.24. The second-order valence-corrected chi connectivity index (χ2v) is 14.8. The molecule has 0 spiro atoms. The van der Waals surface area contributed by atoms with Crippen LogP contribution in [0, 0.1) is 5.92 Å². The second-order valence-electron chi connectivity index (χ2n) is 14.8. The molecule has 3 unspecified atom stereocenters. The molecule has 1 fully saturated rings. The highest BCUT2D eigenvalue weighted by atomic mass is 16.6. The van der Waals surface area contributed by atoms with Crippen molar-refractivity contribution in [2.45, 2.75) is 63.1 Å². The van der Waals surface area contributed by atoms with E-state index in [0.29, 0.717) is 0 Å². The fraction of sp³-hybridized carbons (Fsp3) is 0.267. The number of carbonyl (C=O) groups is 3. The lowest BCUT2D eigenvalue weighted by Gasteiger charge is -2.44. The average Bonchev–Trinajstić information content (AvgIpc) is 3.66. The van der Waals surface area contributed by atoms with Crippen LogP contribution >= 0.6 is 0 Å². The number of aliphatic hydroxyl groups excluding tert-OH is 1. The molecule has 1 amide bonds. The van der Waals surface area contributed by atoms with E-state index in [1.54, 1.807) is 20.8 Å². The highest BCUT2D eigenvalue weighted by molar-refractivity contribution is 5.96. The predicted molar refractivity (Wildman–Crippen MR) is 203 cm³/mol. The Morgan fingerprint density at radius 2 is 1.28 bits per heavy atom. The molecule has 0 saturated carbocycles. The average molecular weight is 709 g/mol. The minimum Gasteiger partial charge on any atom is -0.460 e. The Balaban J connectivity index is 1.37. The van der Waals surface area contributed by atoms with Crippen molar-refractivity contribution in [3.8, 4) is 11.1 Å². The zero-order chi connectivity index (χ0) is 37.2. The van der Waals surface area contributed by atoms with Gasteiger partial charge in [0.15, 0.2) is 5.78 Å². The van der Waals surface area contributed by atoms with E-state index in [2.05, 4.69) is 17.4 Å². The Labute approximate surface area is 310 Å². The van der Waals surface area contributed by atoms with Crippen molar-refractivity contribution in [1.82, 2.24) is 10.2 Å². The van der Waals surface area contributed by atoms with Crippen LogP contribution in [-0.4, -0.2) is 58.2 Å². The molecule has 8 heteroatoms. The lowest BCUT2D eigenvalue weighted by atomic mass is 9.77. The van der Waals surface area contributed by atoms with Crippen LogP contribution in [0.5, 0.6) is 0 Å². The Hall–Kier alpha value is -5.57. The third kappa shape index (κ3) is 7.00. The Kier molecular flexibility index (Phi) is 10.0. The van der Waals surface area contributed by atoms with Gasteiger partial charge in [0.05, 0.1) is 30.1 Å². The zero-order valence-electron chi connectivity index (χ0n) is 30.1. The van der Waals surface area contributed by atoms with Gasteiger partial charge in [0.1, 0.15) is 18.2 Å². The van der Waals surface area contributed by atoms with Gasteiger partial charge in [0.2, 0.25) is 0 Å². The van der Waals surface area contributed by atoms with Gasteiger partial charge in [-0.25, -0.2) is 4.79 Å². The molecule has 1 aliphatic carbocycles. The van der Waals surface area contributed by atoms with E-state index in [1.807, 2.05) is 132 Å². The van der Waals surface area contributed by atoms with Gasteiger partial charge in [0.25, 0.3) is 0 Å². The molecule has 7 rings (SSSR count). The highest BCUT2D eigenvalue weighted by Gasteiger charge is 2.61. The summed E-state index contributed by atoms with van der Waals surface area (Å²) in [4.78, 5) is 44.7. The molecule has 5 aromatic rings. The Morgan fingerprint density at radius 3 is 1.85 bits per heavy atom. The lowest BCUT2D eigenvalue weighted by Crippen LogP contribution is -2.57. The van der Waals surface area contributed by atoms with Crippen LogP contribution in [0.2, 0.25) is 0 Å². The van der Waals surface area contributed by atoms with Gasteiger partial charge in [0, 0.05) is 0 Å². The highest BCUT2D eigenvalue weighted by Crippen LogP contribution is 2.56. The maximum absolute atomic E-state index is 14.8. The van der Waals surface area contributed by atoms with Crippen molar-refractivity contribution in [3.05, 3.63) is 167 Å². The smallest absolute Gasteiger partial charge is 0.407 e. The van der Waals surface area contributed by atoms with Gasteiger partial charge in [-0.1, -0.05) is 140 Å². The molecule has 1 saturated heterocycles. The Morgan fingerprint density at radius 1 is 0.774 bits per heavy atom. The van der Waals surface area contributed by atoms with Crippen LogP contribution < -0.4 is 5.32 Å². The summed E-state index contributed by atoms with van der Waals surface area (Å²) in [6.45, 7) is 5.09. The number of ketones is 1. The first-order valence-corrected chi connectivity index (χ1v) is 18.0. The number of ether oxygens (including phenoxy) is 2. The van der Waals surface area contributed by atoms with E-state index in [-0.39, 0.29) is 25.4 Å². The van der Waals surface area contributed by atoms with E-state index in [1.165, 1.54) is 0 Å². The summed E-state index contributed by atoms with van der Waals surface area (Å²) in [6.07, 6.45) is -2.04. The van der Waals surface area contributed by atoms with Gasteiger partial charge < -0.3 is 19.9 Å². The number of nitrogens with one attached hydrogen (secondary N) is 1. The monoisotopic (exact) mass is 708 g/mol. The number of alkyl carbamates (subject to hydrolysis) is 1. The van der Waals surface area contributed by atoms with E-state index in [9.17, 15) is 19.5 Å². The van der Waals surface area contributed by atoms with Crippen LogP contribution in [0.4, 0.5) is 4.79 Å². The van der Waals surface area contributed by atoms with Crippen molar-refractivity contribution in [1.29, 1.82) is 0 Å². The first-order valence-electron chi connectivity index (χ1n) is 18.0. The molecule has 5 aromatic carbocycles. The number of likely N-dealkylation sites (tertiary alicyclic amines) is 1. The van der Waals surface area contributed by atoms with Gasteiger partial charge in [-0.15, -0.1) is 0 Å². The van der Waals surface area contributed by atoms with E-state index in [4.69, 9.17) is 9.47 Å². The predicted octanol–water partition coefficient (Wildman–Crippen LogP) is 7.07. The number of nitrogens with zero attached hydrogens (tertiary/aromatic N) is 1. The minimum absolute atomic E-state index is 0.0177. The number of amides is 1. The molecule has 8 nitrogen and oxygen atoms in total. The SMILES string of the molecule is CC(C)(C)OC(=O)NC(Cc1ccccc1)C(O)C1C(=O)CN(C2(c3ccccc3)c3ccccc3-c3ccccc32)[C@@H]1C(=O)OCc1ccccc1. The summed E-state index contributed by atoms with van der Waals surface area (Å²) < 4.78 is 11.7. The quantitative estimate of drug-likeness (QED) is 0.150. The summed E-state index contributed by atoms with van der Waals surface area (Å²) in [5, 5.41) is 15.3. The van der Waals surface area contributed by atoms with Crippen LogP contribution in [0.1, 0.15) is 48.6 Å². The van der Waals surface area contributed by atoms with Crippen LogP contribution in [0.3, 0.4) is 0 Å². The molecular weight excluding hydrogens is 665 g/mol. The molecule has 1 heterocycles. The number of rotatable bonds is 10. The molecule has 0 radical (unpaired) electrons. The third-order valence-corrected chi connectivity index (χ3v) is 10.2. The molecule has 4 atom stereocenters. The maximum atomic E-state index is 14.8. The maximum Gasteiger partial charge on any atom is 0.407 e. The number of carbonyl (C=O) groups excluding carboxylic acids is 3. The van der Waals surface area contributed by atoms with Gasteiger partial charge in [-0.3, -0.25) is 14.5 Å². The largest absolute Gasteiger partial charge is 0.460 e. The van der Waals surface area contributed by atoms with E-state index >= 15 is 0 Å². The zero-order valence-corrected chi connectivity index (χ0v) is 30.1. The fourth-order valence-electron chi connectivity index (χ4n) is 8.05. The minimum atomic E-state index is -1.49. The normalized spacial score (nSPS) is 18.8. The number of benzene rings is 5. The number of aliphatic hydroxyl groups is 1. The second kappa shape index (κ2) is 14.8. The van der Waals surface area contributed by atoms with Gasteiger partial charge in [-0.05, 0) is 66.1 Å². The van der Waals surface area contributed by atoms with Crippen molar-refractivity contribution < 1.29 is 29.0 Å². The molecule has 270 valence electrons. The van der Waals surface area contributed by atoms with E-state index < -0.39 is 47.3 Å². The van der Waals surface area contributed by atoms with E-state index in [0.717, 1.165) is 38.9 Å². The number of Topliss-reactive ketones (excluding diaryl/α,β-unsaturated/α-hetero) is 1. The van der Waals surface area contributed by atoms with Gasteiger partial charge in [-0.2, -0.15) is 0 Å². The summed E-state index contributed by atoms with van der Waals surface area (Å²) in [5.41, 5.74) is 4.42. The molecule has 0 bridgehead atoms. The van der Waals surface area contributed by atoms with Crippen LogP contribution in [-0.2, 0) is 37.6 Å². The fourth-order valence-corrected chi connectivity index (χ4v) is 8.05. The van der Waals surface area contributed by atoms with Crippen molar-refractivity contribution >= 4 is 17.8 Å². The molecule has 2 N–H and O–H groups in total. The Bertz CT molecular complexity index is 2030. The molecular formula is C45H44N2O6. The number of esters is 1. The standard InChI is InChI=1S/C45H44N2O6/c1-44(2,3)53-43(51)46-37(27-30-17-7-4-8-18-30)41(49)39-38(48)28-47(40(39)42(50)52-29-31-19-9-5-10-20-31)45(32-21-11-6-12-22-32)35-25-15-13-23-33(35)34-24-14-16-26-36(34)45/h4-26,37,39-41,49H,27-29H2,1-3H3,(H,46,51)/t37?,39?,40-,41?/m0/s1. The summed E-state index contributed by atoms with van der Waals surface area (Å²) in [6, 6.07) is 42.6. The number of hydrogen-bond donors (Lipinski definition) is 2. The molecule has 53 heavy (non-hydrogen) atoms. The van der Waals surface area contributed by atoms with Gasteiger partial charge >= 0.3 is 12.1 Å². The lowest BCUT2D eigenvalue weighted by molar-refractivity contribution is -0.156. The topological polar surface area (TPSA) is 105 Å². The number of hydrogen-bond acceptors (Lipinski definition) is 7. The third-order valence-electron chi connectivity index (χ3n) is 10.2. The first kappa shape index (κ1) is 35.8. The van der Waals surface area contributed by atoms with Crippen molar-refractivity contribution in [2.24, 2.45) is 5.92 Å². The molecule has 1 aliphatic heterocycles.